The lowest BCUT2D eigenvalue weighted by Crippen LogP contribution is -2.49. The van der Waals surface area contributed by atoms with Crippen LogP contribution in [-0.4, -0.2) is 53.9 Å². The molecule has 0 radical (unpaired) electrons. The third-order valence-corrected chi connectivity index (χ3v) is 5.27. The van der Waals surface area contributed by atoms with Gasteiger partial charge in [-0.1, -0.05) is 65.8 Å². The lowest BCUT2D eigenvalue weighted by atomic mass is 9.80. The average Bonchev–Trinajstić information content (AvgIpc) is 2.67. The van der Waals surface area contributed by atoms with E-state index in [4.69, 9.17) is 4.74 Å². The molecule has 6 heteroatoms. The molecular weight excluding hydrogens is 365 g/mol. The minimum absolute atomic E-state index is 0.0902. The third kappa shape index (κ3) is 10.3. The molecular formula is C23H43BNO4+. The Morgan fingerprint density at radius 3 is 2.03 bits per heavy atom. The fourth-order valence-electron chi connectivity index (χ4n) is 3.51. The number of carbonyl (C=O) groups is 1. The Morgan fingerprint density at radius 1 is 1.10 bits per heavy atom. The van der Waals surface area contributed by atoms with Gasteiger partial charge in [0.05, 0.1) is 19.0 Å². The highest BCUT2D eigenvalue weighted by molar-refractivity contribution is 6.58. The van der Waals surface area contributed by atoms with Gasteiger partial charge < -0.3 is 19.3 Å². The van der Waals surface area contributed by atoms with E-state index in [-0.39, 0.29) is 17.3 Å². The fraction of sp³-hybridized carbons (Fsp3) is 0.696. The molecule has 0 saturated heterocycles. The predicted molar refractivity (Wildman–Crippen MR) is 122 cm³/mol. The van der Waals surface area contributed by atoms with Crippen LogP contribution in [0, 0.1) is 11.3 Å². The number of esters is 1. The van der Waals surface area contributed by atoms with Crippen LogP contribution >= 0.6 is 0 Å². The highest BCUT2D eigenvalue weighted by Gasteiger charge is 2.26. The summed E-state index contributed by atoms with van der Waals surface area (Å²) in [5.41, 5.74) is 1.74. The molecule has 0 amide bonds. The van der Waals surface area contributed by atoms with Gasteiger partial charge in [0.1, 0.15) is 19.7 Å². The van der Waals surface area contributed by atoms with Crippen molar-refractivity contribution in [3.05, 3.63) is 29.8 Å². The van der Waals surface area contributed by atoms with Crippen molar-refractivity contribution in [2.24, 2.45) is 11.3 Å². The van der Waals surface area contributed by atoms with Gasteiger partial charge in [-0.05, 0) is 31.1 Å². The molecule has 1 atom stereocenters. The molecule has 0 heterocycles. The van der Waals surface area contributed by atoms with E-state index in [1.165, 1.54) is 0 Å². The molecule has 2 N–H and O–H groups in total. The van der Waals surface area contributed by atoms with Gasteiger partial charge in [-0.2, -0.15) is 0 Å². The highest BCUT2D eigenvalue weighted by Crippen LogP contribution is 2.25. The van der Waals surface area contributed by atoms with Crippen LogP contribution in [0.2, 0.25) is 0 Å². The average molecular weight is 408 g/mol. The second-order valence-corrected chi connectivity index (χ2v) is 8.80. The summed E-state index contributed by atoms with van der Waals surface area (Å²) in [7, 11) is -1.44. The number of quaternary nitrogens is 1. The number of rotatable bonds is 10. The SMILES string of the molecule is CC.CC[N+](CC)(CCOC(=O)C(C)CC(C)(C)C)Cc1ccc(B(O)O)cc1. The molecule has 1 rings (SSSR count). The first-order chi connectivity index (χ1) is 13.5. The smallest absolute Gasteiger partial charge is 0.459 e. The maximum absolute atomic E-state index is 12.3. The Morgan fingerprint density at radius 2 is 1.62 bits per heavy atom. The van der Waals surface area contributed by atoms with E-state index < -0.39 is 7.12 Å². The Hall–Kier alpha value is -1.37. The van der Waals surface area contributed by atoms with Crippen molar-refractivity contribution >= 4 is 18.6 Å². The van der Waals surface area contributed by atoms with Crippen LogP contribution in [-0.2, 0) is 16.1 Å². The quantitative estimate of drug-likeness (QED) is 0.354. The molecule has 0 fully saturated rings. The Balaban J connectivity index is 0.00000379. The molecule has 1 aromatic carbocycles. The minimum Gasteiger partial charge on any atom is -0.459 e. The van der Waals surface area contributed by atoms with Crippen LogP contribution in [0.5, 0.6) is 0 Å². The summed E-state index contributed by atoms with van der Waals surface area (Å²) in [5.74, 6) is -0.205. The number of likely N-dealkylation sites (N-methyl/N-ethyl adjacent to an activating group) is 1. The maximum Gasteiger partial charge on any atom is 0.488 e. The van der Waals surface area contributed by atoms with E-state index in [9.17, 15) is 14.8 Å². The van der Waals surface area contributed by atoms with Crippen LogP contribution in [0.3, 0.4) is 0 Å². The predicted octanol–water partition coefficient (Wildman–Crippen LogP) is 3.36. The van der Waals surface area contributed by atoms with Gasteiger partial charge in [0.2, 0.25) is 0 Å². The maximum atomic E-state index is 12.3. The van der Waals surface area contributed by atoms with Crippen molar-refractivity contribution in [3.8, 4) is 0 Å². The first-order valence-corrected chi connectivity index (χ1v) is 11.0. The summed E-state index contributed by atoms with van der Waals surface area (Å²) in [4.78, 5) is 12.3. The second-order valence-electron chi connectivity index (χ2n) is 8.80. The number of carbonyl (C=O) groups excluding carboxylic acids is 1. The minimum atomic E-state index is -1.44. The van der Waals surface area contributed by atoms with Crippen molar-refractivity contribution in [3.63, 3.8) is 0 Å². The van der Waals surface area contributed by atoms with Gasteiger partial charge in [0.15, 0.2) is 0 Å². The van der Waals surface area contributed by atoms with Crippen LogP contribution < -0.4 is 5.46 Å². The number of hydrogen-bond donors (Lipinski definition) is 2. The summed E-state index contributed by atoms with van der Waals surface area (Å²) in [5, 5.41) is 18.5. The zero-order valence-corrected chi connectivity index (χ0v) is 19.9. The van der Waals surface area contributed by atoms with E-state index in [1.54, 1.807) is 12.1 Å². The lowest BCUT2D eigenvalue weighted by Gasteiger charge is -2.37. The Labute approximate surface area is 178 Å². The molecule has 1 aromatic rings. The Kier molecular flexibility index (Phi) is 12.4. The van der Waals surface area contributed by atoms with Crippen LogP contribution in [0.25, 0.3) is 0 Å². The van der Waals surface area contributed by atoms with E-state index in [0.717, 1.165) is 42.6 Å². The lowest BCUT2D eigenvalue weighted by molar-refractivity contribution is -0.937. The molecule has 0 aliphatic rings. The summed E-state index contributed by atoms with van der Waals surface area (Å²) in [6.45, 7) is 20.5. The summed E-state index contributed by atoms with van der Waals surface area (Å²) in [6.07, 6.45) is 0.816. The van der Waals surface area contributed by atoms with Crippen molar-refractivity contribution < 1.29 is 24.1 Å². The van der Waals surface area contributed by atoms with Gasteiger partial charge in [0.25, 0.3) is 0 Å². The third-order valence-electron chi connectivity index (χ3n) is 5.27. The summed E-state index contributed by atoms with van der Waals surface area (Å²) in [6, 6.07) is 7.36. The van der Waals surface area contributed by atoms with Gasteiger partial charge in [0, 0.05) is 5.56 Å². The molecule has 166 valence electrons. The largest absolute Gasteiger partial charge is 0.488 e. The number of benzene rings is 1. The monoisotopic (exact) mass is 408 g/mol. The van der Waals surface area contributed by atoms with Crippen LogP contribution in [0.1, 0.15) is 67.4 Å². The standard InChI is InChI=1S/C21H37BNO4.C2H6/c1-7-23(8-2,16-18-9-11-19(12-10-18)22(25)26)13-14-27-20(24)17(3)15-21(4,5)6;1-2/h9-12,17,25-26H,7-8,13-16H2,1-6H3;1-2H3/q+1;. The molecule has 0 aromatic heterocycles. The first-order valence-electron chi connectivity index (χ1n) is 11.0. The normalized spacial score (nSPS) is 12.6. The first kappa shape index (κ1) is 27.6. The highest BCUT2D eigenvalue weighted by atomic mass is 16.5. The van der Waals surface area contributed by atoms with Crippen molar-refractivity contribution in [1.82, 2.24) is 0 Å². The second kappa shape index (κ2) is 13.0. The number of ether oxygens (including phenoxy) is 1. The summed E-state index contributed by atoms with van der Waals surface area (Å²) >= 11 is 0. The zero-order chi connectivity index (χ0) is 22.7. The molecule has 1 unspecified atom stereocenters. The molecule has 0 aliphatic carbocycles. The molecule has 0 aliphatic heterocycles. The van der Waals surface area contributed by atoms with E-state index in [1.807, 2.05) is 32.9 Å². The van der Waals surface area contributed by atoms with Crippen LogP contribution in [0.4, 0.5) is 0 Å². The molecule has 0 saturated carbocycles. The van der Waals surface area contributed by atoms with Gasteiger partial charge in [-0.25, -0.2) is 0 Å². The molecule has 0 bridgehead atoms. The zero-order valence-electron chi connectivity index (χ0n) is 19.9. The van der Waals surface area contributed by atoms with Crippen molar-refractivity contribution in [2.45, 2.75) is 68.4 Å². The molecule has 29 heavy (non-hydrogen) atoms. The molecule has 5 nitrogen and oxygen atoms in total. The Bertz CT molecular complexity index is 578. The topological polar surface area (TPSA) is 66.8 Å². The molecule has 0 spiro atoms. The number of nitrogens with zero attached hydrogens (tertiary/aromatic N) is 1. The number of hydrogen-bond acceptors (Lipinski definition) is 4. The summed E-state index contributed by atoms with van der Waals surface area (Å²) < 4.78 is 6.40. The van der Waals surface area contributed by atoms with Crippen molar-refractivity contribution in [1.29, 1.82) is 0 Å². The van der Waals surface area contributed by atoms with Crippen molar-refractivity contribution in [2.75, 3.05) is 26.2 Å². The van der Waals surface area contributed by atoms with Gasteiger partial charge >= 0.3 is 13.1 Å². The van der Waals surface area contributed by atoms with E-state index in [0.29, 0.717) is 12.1 Å². The van der Waals surface area contributed by atoms with Gasteiger partial charge in [-0.3, -0.25) is 4.79 Å². The van der Waals surface area contributed by atoms with E-state index in [2.05, 4.69) is 34.6 Å². The van der Waals surface area contributed by atoms with E-state index >= 15 is 0 Å². The van der Waals surface area contributed by atoms with Gasteiger partial charge in [-0.15, -0.1) is 0 Å². The van der Waals surface area contributed by atoms with Crippen LogP contribution in [0.15, 0.2) is 24.3 Å². The fourth-order valence-corrected chi connectivity index (χ4v) is 3.51.